The second-order valence-electron chi connectivity index (χ2n) is 9.39. The number of benzene rings is 2. The van der Waals surface area contributed by atoms with Crippen LogP contribution in [0.25, 0.3) is 11.1 Å². The molecule has 0 radical (unpaired) electrons. The first-order valence-electron chi connectivity index (χ1n) is 12.4. The molecule has 4 rings (SSSR count). The molecule has 1 saturated heterocycles. The molecular weight excluding hydrogens is 514 g/mol. The SMILES string of the molecule is C=C(COCC(NC(=O)OCC1c2ccccc2-c2ccccc21)C(=O)OC)COC(=O)N1CCC(F)(F)C1. The van der Waals surface area contributed by atoms with Crippen LogP contribution in [0.1, 0.15) is 23.5 Å². The molecular formula is C28H30F2N2O7. The van der Waals surface area contributed by atoms with E-state index in [4.69, 9.17) is 18.9 Å². The molecule has 1 fully saturated rings. The number of nitrogens with one attached hydrogen (secondary N) is 1. The minimum atomic E-state index is -2.91. The van der Waals surface area contributed by atoms with E-state index in [1.165, 1.54) is 7.11 Å². The first-order valence-corrected chi connectivity index (χ1v) is 12.4. The van der Waals surface area contributed by atoms with E-state index in [1.807, 2.05) is 48.5 Å². The molecule has 1 aliphatic carbocycles. The van der Waals surface area contributed by atoms with E-state index < -0.39 is 43.1 Å². The maximum absolute atomic E-state index is 13.3. The predicted octanol–water partition coefficient (Wildman–Crippen LogP) is 4.12. The second kappa shape index (κ2) is 12.2. The number of ether oxygens (including phenoxy) is 4. The van der Waals surface area contributed by atoms with Crippen molar-refractivity contribution in [3.8, 4) is 11.1 Å². The first-order chi connectivity index (χ1) is 18.7. The molecule has 2 aromatic rings. The van der Waals surface area contributed by atoms with Gasteiger partial charge in [0.05, 0.1) is 26.9 Å². The number of carbonyl (C=O) groups is 3. The van der Waals surface area contributed by atoms with E-state index in [-0.39, 0.29) is 38.9 Å². The van der Waals surface area contributed by atoms with Crippen molar-refractivity contribution in [3.05, 3.63) is 71.8 Å². The molecule has 11 heteroatoms. The van der Waals surface area contributed by atoms with Crippen LogP contribution in [-0.4, -0.2) is 81.6 Å². The second-order valence-corrected chi connectivity index (χ2v) is 9.39. The Morgan fingerprint density at radius 3 is 2.28 bits per heavy atom. The van der Waals surface area contributed by atoms with Crippen LogP contribution in [0.15, 0.2) is 60.7 Å². The van der Waals surface area contributed by atoms with Crippen LogP contribution in [0.3, 0.4) is 0 Å². The summed E-state index contributed by atoms with van der Waals surface area (Å²) >= 11 is 0. The van der Waals surface area contributed by atoms with Gasteiger partial charge in [-0.05, 0) is 27.8 Å². The summed E-state index contributed by atoms with van der Waals surface area (Å²) in [6.07, 6.45) is -2.08. The summed E-state index contributed by atoms with van der Waals surface area (Å²) in [5.41, 5.74) is 4.62. The number of carbonyl (C=O) groups excluding carboxylic acids is 3. The molecule has 0 bridgehead atoms. The van der Waals surface area contributed by atoms with Gasteiger partial charge in [-0.25, -0.2) is 23.2 Å². The summed E-state index contributed by atoms with van der Waals surface area (Å²) in [4.78, 5) is 37.6. The maximum atomic E-state index is 13.3. The monoisotopic (exact) mass is 544 g/mol. The lowest BCUT2D eigenvalue weighted by atomic mass is 9.98. The number of halogens is 2. The van der Waals surface area contributed by atoms with Gasteiger partial charge in [-0.2, -0.15) is 0 Å². The van der Waals surface area contributed by atoms with Crippen LogP contribution in [-0.2, 0) is 23.7 Å². The molecule has 1 N–H and O–H groups in total. The van der Waals surface area contributed by atoms with E-state index >= 15 is 0 Å². The minimum absolute atomic E-state index is 0.0692. The Bertz CT molecular complexity index is 1190. The third kappa shape index (κ3) is 6.91. The predicted molar refractivity (Wildman–Crippen MR) is 136 cm³/mol. The van der Waals surface area contributed by atoms with Crippen LogP contribution < -0.4 is 5.32 Å². The summed E-state index contributed by atoms with van der Waals surface area (Å²) in [5, 5.41) is 2.45. The van der Waals surface area contributed by atoms with E-state index in [9.17, 15) is 23.2 Å². The Kier molecular flexibility index (Phi) is 8.80. The van der Waals surface area contributed by atoms with Gasteiger partial charge in [-0.3, -0.25) is 0 Å². The first kappa shape index (κ1) is 28.0. The van der Waals surface area contributed by atoms with Crippen molar-refractivity contribution < 1.29 is 42.1 Å². The van der Waals surface area contributed by atoms with Gasteiger partial charge in [0.2, 0.25) is 0 Å². The van der Waals surface area contributed by atoms with Crippen molar-refractivity contribution in [2.45, 2.75) is 24.3 Å². The van der Waals surface area contributed by atoms with E-state index in [0.29, 0.717) is 5.57 Å². The number of nitrogens with zero attached hydrogens (tertiary/aromatic N) is 1. The topological polar surface area (TPSA) is 103 Å². The third-order valence-electron chi connectivity index (χ3n) is 6.54. The molecule has 2 aliphatic rings. The smallest absolute Gasteiger partial charge is 0.410 e. The van der Waals surface area contributed by atoms with Crippen LogP contribution >= 0.6 is 0 Å². The molecule has 2 amide bonds. The number of alkyl halides is 2. The highest BCUT2D eigenvalue weighted by molar-refractivity contribution is 5.82. The van der Waals surface area contributed by atoms with Crippen LogP contribution in [0.2, 0.25) is 0 Å². The highest BCUT2D eigenvalue weighted by atomic mass is 19.3. The fraction of sp³-hybridized carbons (Fsp3) is 0.393. The van der Waals surface area contributed by atoms with Gasteiger partial charge in [0, 0.05) is 18.9 Å². The zero-order chi connectivity index (χ0) is 28.0. The summed E-state index contributed by atoms with van der Waals surface area (Å²) in [7, 11) is 1.18. The quantitative estimate of drug-likeness (QED) is 0.273. The largest absolute Gasteiger partial charge is 0.467 e. The average molecular weight is 545 g/mol. The fourth-order valence-electron chi connectivity index (χ4n) is 4.60. The summed E-state index contributed by atoms with van der Waals surface area (Å²) in [5.74, 6) is -3.80. The molecule has 39 heavy (non-hydrogen) atoms. The highest BCUT2D eigenvalue weighted by Gasteiger charge is 2.41. The van der Waals surface area contributed by atoms with E-state index in [0.717, 1.165) is 27.2 Å². The normalized spacial score (nSPS) is 16.1. The standard InChI is InChI=1S/C28H30F2N2O7/c1-18(14-39-27(35)32-12-11-28(29,30)17-32)13-37-16-24(25(33)36-2)31-26(34)38-15-23-21-9-5-3-7-19(21)20-8-4-6-10-22(20)23/h3-10,23-24H,1,11-17H2,2H3,(H,31,34). The maximum Gasteiger partial charge on any atom is 0.410 e. The number of methoxy groups -OCH3 is 1. The summed E-state index contributed by atoms with van der Waals surface area (Å²) < 4.78 is 47.2. The molecule has 0 saturated carbocycles. The van der Waals surface area contributed by atoms with Crippen molar-refractivity contribution in [2.24, 2.45) is 0 Å². The molecule has 1 heterocycles. The lowest BCUT2D eigenvalue weighted by Crippen LogP contribution is -2.45. The van der Waals surface area contributed by atoms with Crippen molar-refractivity contribution >= 4 is 18.2 Å². The van der Waals surface area contributed by atoms with Crippen LogP contribution in [0.4, 0.5) is 18.4 Å². The molecule has 2 aromatic carbocycles. The van der Waals surface area contributed by atoms with Crippen LogP contribution in [0, 0.1) is 0 Å². The number of likely N-dealkylation sites (tertiary alicyclic amines) is 1. The van der Waals surface area contributed by atoms with Crippen molar-refractivity contribution in [3.63, 3.8) is 0 Å². The molecule has 1 aliphatic heterocycles. The zero-order valence-electron chi connectivity index (χ0n) is 21.5. The van der Waals surface area contributed by atoms with Crippen molar-refractivity contribution in [1.82, 2.24) is 10.2 Å². The van der Waals surface area contributed by atoms with Gasteiger partial charge in [-0.1, -0.05) is 55.1 Å². The Hall–Kier alpha value is -3.99. The molecule has 0 aromatic heterocycles. The zero-order valence-corrected chi connectivity index (χ0v) is 21.5. The molecule has 1 unspecified atom stereocenters. The number of hydrogen-bond donors (Lipinski definition) is 1. The number of amides is 2. The number of rotatable bonds is 10. The van der Waals surface area contributed by atoms with E-state index in [2.05, 4.69) is 11.9 Å². The van der Waals surface area contributed by atoms with Crippen molar-refractivity contribution in [2.75, 3.05) is 46.6 Å². The summed E-state index contributed by atoms with van der Waals surface area (Å²) in [6, 6.07) is 14.7. The summed E-state index contributed by atoms with van der Waals surface area (Å²) in [6.45, 7) is 2.40. The Morgan fingerprint density at radius 2 is 1.69 bits per heavy atom. The van der Waals surface area contributed by atoms with Gasteiger partial charge in [-0.15, -0.1) is 0 Å². The Labute approximate surface area is 224 Å². The van der Waals surface area contributed by atoms with Gasteiger partial charge < -0.3 is 29.2 Å². The van der Waals surface area contributed by atoms with Gasteiger partial charge in [0.1, 0.15) is 13.2 Å². The van der Waals surface area contributed by atoms with Gasteiger partial charge >= 0.3 is 18.2 Å². The third-order valence-corrected chi connectivity index (χ3v) is 6.54. The number of fused-ring (bicyclic) bond motifs is 3. The molecule has 1 atom stereocenters. The van der Waals surface area contributed by atoms with Gasteiger partial charge in [0.25, 0.3) is 5.92 Å². The molecule has 9 nitrogen and oxygen atoms in total. The fourth-order valence-corrected chi connectivity index (χ4v) is 4.60. The number of esters is 1. The lowest BCUT2D eigenvalue weighted by Gasteiger charge is -2.19. The Balaban J connectivity index is 1.23. The minimum Gasteiger partial charge on any atom is -0.467 e. The van der Waals surface area contributed by atoms with E-state index in [1.54, 1.807) is 0 Å². The van der Waals surface area contributed by atoms with Crippen molar-refractivity contribution in [1.29, 1.82) is 0 Å². The average Bonchev–Trinajstić information content (AvgIpc) is 3.46. The molecule has 0 spiro atoms. The Morgan fingerprint density at radius 1 is 1.05 bits per heavy atom. The lowest BCUT2D eigenvalue weighted by molar-refractivity contribution is -0.144. The highest BCUT2D eigenvalue weighted by Crippen LogP contribution is 2.44. The number of alkyl carbamates (subject to hydrolysis) is 1. The number of hydrogen-bond acceptors (Lipinski definition) is 7. The van der Waals surface area contributed by atoms with Crippen LogP contribution in [0.5, 0.6) is 0 Å². The van der Waals surface area contributed by atoms with Gasteiger partial charge in [0.15, 0.2) is 6.04 Å². The molecule has 208 valence electrons.